The Labute approximate surface area is 147 Å². The molecule has 0 saturated heterocycles. The van der Waals surface area contributed by atoms with Gasteiger partial charge in [0.1, 0.15) is 10.6 Å². The van der Waals surface area contributed by atoms with E-state index in [4.69, 9.17) is 22.1 Å². The normalized spacial score (nSPS) is 11.0. The number of sulfonamides is 1. The van der Waals surface area contributed by atoms with Crippen LogP contribution in [0.25, 0.3) is 0 Å². The van der Waals surface area contributed by atoms with E-state index in [1.165, 1.54) is 25.3 Å². The summed E-state index contributed by atoms with van der Waals surface area (Å²) < 4.78 is 32.2. The Balaban J connectivity index is 2.48. The third-order valence-corrected chi connectivity index (χ3v) is 4.88. The van der Waals surface area contributed by atoms with Gasteiger partial charge in [-0.2, -0.15) is 0 Å². The van der Waals surface area contributed by atoms with Gasteiger partial charge in [0.05, 0.1) is 28.8 Å². The first-order valence-electron chi connectivity index (χ1n) is 6.60. The molecule has 0 atom stereocenters. The van der Waals surface area contributed by atoms with Crippen molar-refractivity contribution in [2.45, 2.75) is 4.90 Å². The summed E-state index contributed by atoms with van der Waals surface area (Å²) in [5.74, 6) is -0.978. The maximum absolute atomic E-state index is 12.6. The minimum atomic E-state index is -4.20. The highest BCUT2D eigenvalue weighted by Gasteiger charge is 2.23. The lowest BCUT2D eigenvalue weighted by atomic mass is 10.2. The highest BCUT2D eigenvalue weighted by atomic mass is 35.5. The minimum absolute atomic E-state index is 0.0365. The van der Waals surface area contributed by atoms with Crippen LogP contribution in [0.2, 0.25) is 5.02 Å². The lowest BCUT2D eigenvalue weighted by Crippen LogP contribution is -2.16. The van der Waals surface area contributed by atoms with Crippen LogP contribution >= 0.6 is 11.6 Å². The second-order valence-corrected chi connectivity index (χ2v) is 6.81. The molecule has 0 unspecified atom stereocenters. The Morgan fingerprint density at radius 1 is 1.28 bits per heavy atom. The molecule has 9 nitrogen and oxygen atoms in total. The van der Waals surface area contributed by atoms with Crippen LogP contribution in [-0.4, -0.2) is 26.4 Å². The summed E-state index contributed by atoms with van der Waals surface area (Å²) in [6.07, 6.45) is 0. The summed E-state index contributed by atoms with van der Waals surface area (Å²) in [5.41, 5.74) is 4.81. The first-order valence-corrected chi connectivity index (χ1v) is 8.46. The molecule has 0 bridgehead atoms. The largest absolute Gasteiger partial charge is 0.495 e. The van der Waals surface area contributed by atoms with E-state index in [9.17, 15) is 23.3 Å². The number of nitro groups is 1. The fourth-order valence-electron chi connectivity index (χ4n) is 1.95. The average molecular weight is 386 g/mol. The van der Waals surface area contributed by atoms with Gasteiger partial charge in [0, 0.05) is 11.6 Å². The summed E-state index contributed by atoms with van der Waals surface area (Å²) >= 11 is 5.94. The predicted molar refractivity (Wildman–Crippen MR) is 90.4 cm³/mol. The number of primary amides is 1. The first-order chi connectivity index (χ1) is 11.7. The molecule has 1 amide bonds. The monoisotopic (exact) mass is 385 g/mol. The number of carbonyl (C=O) groups is 1. The molecule has 0 spiro atoms. The smallest absolute Gasteiger partial charge is 0.273 e. The zero-order chi connectivity index (χ0) is 18.8. The standard InChI is InChI=1S/C14H12ClN3O6S/c1-24-12-7-9(18(20)21)3-5-13(12)25(22,23)17-11-6-8(14(16)19)2-4-10(11)15/h2-7,17H,1H3,(H2,16,19). The molecule has 2 rings (SSSR count). The lowest BCUT2D eigenvalue weighted by Gasteiger charge is -2.13. The van der Waals surface area contributed by atoms with E-state index in [0.29, 0.717) is 0 Å². The maximum atomic E-state index is 12.6. The minimum Gasteiger partial charge on any atom is -0.495 e. The van der Waals surface area contributed by atoms with Crippen molar-refractivity contribution in [1.29, 1.82) is 0 Å². The quantitative estimate of drug-likeness (QED) is 0.576. The van der Waals surface area contributed by atoms with Crippen LogP contribution in [-0.2, 0) is 10.0 Å². The van der Waals surface area contributed by atoms with E-state index < -0.39 is 20.9 Å². The van der Waals surface area contributed by atoms with Gasteiger partial charge in [-0.05, 0) is 24.3 Å². The van der Waals surface area contributed by atoms with E-state index in [2.05, 4.69) is 4.72 Å². The van der Waals surface area contributed by atoms with Crippen LogP contribution < -0.4 is 15.2 Å². The van der Waals surface area contributed by atoms with Crippen molar-refractivity contribution in [2.24, 2.45) is 5.73 Å². The number of non-ortho nitro benzene ring substituents is 1. The molecule has 0 aliphatic carbocycles. The highest BCUT2D eigenvalue weighted by Crippen LogP contribution is 2.31. The number of rotatable bonds is 6. The third kappa shape index (κ3) is 3.98. The molecule has 2 aromatic rings. The molecule has 2 aromatic carbocycles. The number of amides is 1. The van der Waals surface area contributed by atoms with Crippen LogP contribution in [0.5, 0.6) is 5.75 Å². The van der Waals surface area contributed by atoms with E-state index in [1.54, 1.807) is 0 Å². The number of hydrogen-bond donors (Lipinski definition) is 2. The Morgan fingerprint density at radius 2 is 1.96 bits per heavy atom. The van der Waals surface area contributed by atoms with Gasteiger partial charge in [0.15, 0.2) is 0 Å². The number of anilines is 1. The van der Waals surface area contributed by atoms with Crippen molar-refractivity contribution in [3.63, 3.8) is 0 Å². The molecule has 0 heterocycles. The predicted octanol–water partition coefficient (Wildman–Crippen LogP) is 2.16. The second kappa shape index (κ2) is 6.95. The molecule has 0 aromatic heterocycles. The van der Waals surface area contributed by atoms with Gasteiger partial charge < -0.3 is 10.5 Å². The Hall–Kier alpha value is -2.85. The molecular weight excluding hydrogens is 374 g/mol. The number of hydrogen-bond acceptors (Lipinski definition) is 6. The molecule has 0 saturated carbocycles. The van der Waals surface area contributed by atoms with E-state index >= 15 is 0 Å². The van der Waals surface area contributed by atoms with Crippen molar-refractivity contribution in [2.75, 3.05) is 11.8 Å². The molecule has 25 heavy (non-hydrogen) atoms. The number of ether oxygens (including phenoxy) is 1. The van der Waals surface area contributed by atoms with Crippen LogP contribution in [0.4, 0.5) is 11.4 Å². The summed E-state index contributed by atoms with van der Waals surface area (Å²) in [5, 5.41) is 10.8. The molecule has 0 radical (unpaired) electrons. The number of nitrogens with one attached hydrogen (secondary N) is 1. The summed E-state index contributed by atoms with van der Waals surface area (Å²) in [7, 11) is -3.02. The van der Waals surface area contributed by atoms with Crippen LogP contribution in [0.3, 0.4) is 0 Å². The Kier molecular flexibility index (Phi) is 5.14. The number of benzene rings is 2. The van der Waals surface area contributed by atoms with E-state index in [-0.39, 0.29) is 32.6 Å². The highest BCUT2D eigenvalue weighted by molar-refractivity contribution is 7.92. The number of halogens is 1. The number of nitro benzene ring substituents is 1. The number of methoxy groups -OCH3 is 1. The topological polar surface area (TPSA) is 142 Å². The number of nitrogens with zero attached hydrogens (tertiary/aromatic N) is 1. The van der Waals surface area contributed by atoms with Gasteiger partial charge in [-0.3, -0.25) is 19.6 Å². The Morgan fingerprint density at radius 3 is 2.52 bits per heavy atom. The average Bonchev–Trinajstić information content (AvgIpc) is 2.55. The first kappa shape index (κ1) is 18.5. The molecule has 0 aliphatic heterocycles. The zero-order valence-corrected chi connectivity index (χ0v) is 14.3. The van der Waals surface area contributed by atoms with Gasteiger partial charge >= 0.3 is 0 Å². The van der Waals surface area contributed by atoms with Crippen molar-refractivity contribution >= 4 is 38.9 Å². The molecule has 0 aliphatic rings. The van der Waals surface area contributed by atoms with E-state index in [1.807, 2.05) is 0 Å². The summed E-state index contributed by atoms with van der Waals surface area (Å²) in [6.45, 7) is 0. The molecule has 0 fully saturated rings. The molecule has 132 valence electrons. The van der Waals surface area contributed by atoms with Gasteiger partial charge in [-0.15, -0.1) is 0 Å². The summed E-state index contributed by atoms with van der Waals surface area (Å²) in [6, 6.07) is 6.88. The molecular formula is C14H12ClN3O6S. The molecule has 3 N–H and O–H groups in total. The molecule has 11 heteroatoms. The van der Waals surface area contributed by atoms with Crippen molar-refractivity contribution < 1.29 is 22.9 Å². The fraction of sp³-hybridized carbons (Fsp3) is 0.0714. The van der Waals surface area contributed by atoms with Crippen molar-refractivity contribution in [3.8, 4) is 5.75 Å². The maximum Gasteiger partial charge on any atom is 0.273 e. The van der Waals surface area contributed by atoms with E-state index in [0.717, 1.165) is 18.2 Å². The van der Waals surface area contributed by atoms with Crippen LogP contribution in [0.15, 0.2) is 41.3 Å². The van der Waals surface area contributed by atoms with Gasteiger partial charge in [0.2, 0.25) is 5.91 Å². The van der Waals surface area contributed by atoms with Crippen LogP contribution in [0, 0.1) is 10.1 Å². The van der Waals surface area contributed by atoms with Gasteiger partial charge in [-0.1, -0.05) is 11.6 Å². The van der Waals surface area contributed by atoms with Gasteiger partial charge in [-0.25, -0.2) is 8.42 Å². The second-order valence-electron chi connectivity index (χ2n) is 4.76. The lowest BCUT2D eigenvalue weighted by molar-refractivity contribution is -0.385. The van der Waals surface area contributed by atoms with Gasteiger partial charge in [0.25, 0.3) is 15.7 Å². The SMILES string of the molecule is COc1cc([N+](=O)[O-])ccc1S(=O)(=O)Nc1cc(C(N)=O)ccc1Cl. The van der Waals surface area contributed by atoms with Crippen molar-refractivity contribution in [3.05, 3.63) is 57.1 Å². The Bertz CT molecular complexity index is 961. The summed E-state index contributed by atoms with van der Waals surface area (Å²) in [4.78, 5) is 21.0. The third-order valence-electron chi connectivity index (χ3n) is 3.14. The zero-order valence-electron chi connectivity index (χ0n) is 12.7. The van der Waals surface area contributed by atoms with Crippen molar-refractivity contribution in [1.82, 2.24) is 0 Å². The number of nitrogens with two attached hydrogens (primary N) is 1. The number of carbonyl (C=O) groups excluding carboxylic acids is 1. The fourth-order valence-corrected chi connectivity index (χ4v) is 3.39. The van der Waals surface area contributed by atoms with Crippen LogP contribution in [0.1, 0.15) is 10.4 Å².